The van der Waals surface area contributed by atoms with Crippen molar-refractivity contribution in [3.05, 3.63) is 0 Å². The topological polar surface area (TPSA) is 67.9 Å². The summed E-state index contributed by atoms with van der Waals surface area (Å²) in [5.74, 6) is 2.62. The second-order valence-electron chi connectivity index (χ2n) is 17.7. The molecule has 4 aliphatic rings. The number of hydrogen-bond donors (Lipinski definition) is 0. The van der Waals surface area contributed by atoms with Crippen molar-refractivity contribution in [3.8, 4) is 0 Å². The highest BCUT2D eigenvalue weighted by atomic mass is 28.5. The molecule has 0 spiro atoms. The highest BCUT2D eigenvalue weighted by Crippen LogP contribution is 2.56. The molecule has 3 saturated carbocycles. The van der Waals surface area contributed by atoms with Crippen molar-refractivity contribution in [1.82, 2.24) is 0 Å². The molecular formula is C29H66O7Si7. The molecule has 6 unspecified atom stereocenters. The highest BCUT2D eigenvalue weighted by molar-refractivity contribution is 6.92. The first-order valence-electron chi connectivity index (χ1n) is 17.2. The van der Waals surface area contributed by atoms with E-state index < -0.39 is 59.4 Å². The third kappa shape index (κ3) is 11.1. The van der Waals surface area contributed by atoms with E-state index in [0.717, 1.165) is 23.3 Å². The van der Waals surface area contributed by atoms with Crippen LogP contribution in [-0.4, -0.2) is 71.6 Å². The average molecular weight is 723 g/mol. The summed E-state index contributed by atoms with van der Waals surface area (Å²) in [5, 5.41) is 0. The molecule has 4 rings (SSSR count). The summed E-state index contributed by atoms with van der Waals surface area (Å²) in [6.45, 7) is 31.4. The van der Waals surface area contributed by atoms with E-state index in [1.54, 1.807) is 0 Å². The zero-order valence-corrected chi connectivity index (χ0v) is 37.2. The fourth-order valence-corrected chi connectivity index (χ4v) is 45.8. The second kappa shape index (κ2) is 12.9. The standard InChI is InChI=1S/C29H66O7Si7/c1-37(2,20-19-24-16-18-27-28(22-24)30-27)31-39(5,6)33-41(9,10)35-43(13,14)36-42(11,12)34-40(7,8)32-38(3,4)29-23-25-15-17-26(29)21-25/h24-29H,15-23H2,1-14H3. The van der Waals surface area contributed by atoms with Crippen LogP contribution in [0.4, 0.5) is 0 Å². The van der Waals surface area contributed by atoms with Crippen LogP contribution in [0.25, 0.3) is 0 Å². The maximum atomic E-state index is 7.05. The van der Waals surface area contributed by atoms with E-state index in [0.29, 0.717) is 12.2 Å². The molecule has 1 heterocycles. The van der Waals surface area contributed by atoms with E-state index in [1.165, 1.54) is 57.4 Å². The summed E-state index contributed by atoms with van der Waals surface area (Å²) in [4.78, 5) is 0. The monoisotopic (exact) mass is 722 g/mol. The third-order valence-corrected chi connectivity index (χ3v) is 37.9. The molecule has 0 amide bonds. The van der Waals surface area contributed by atoms with Gasteiger partial charge in [0.1, 0.15) is 0 Å². The smallest absolute Gasteiger partial charge is 0.314 e. The van der Waals surface area contributed by atoms with E-state index in [-0.39, 0.29) is 0 Å². The predicted octanol–water partition coefficient (Wildman–Crippen LogP) is 9.15. The van der Waals surface area contributed by atoms with Gasteiger partial charge in [0.2, 0.25) is 0 Å². The van der Waals surface area contributed by atoms with Crippen LogP contribution in [0.3, 0.4) is 0 Å². The minimum absolute atomic E-state index is 0.553. The first kappa shape index (κ1) is 37.1. The van der Waals surface area contributed by atoms with Gasteiger partial charge in [0.25, 0.3) is 0 Å². The molecule has 6 atom stereocenters. The van der Waals surface area contributed by atoms with Gasteiger partial charge in [-0.25, -0.2) is 0 Å². The van der Waals surface area contributed by atoms with E-state index in [4.69, 9.17) is 29.4 Å². The van der Waals surface area contributed by atoms with E-state index >= 15 is 0 Å². The van der Waals surface area contributed by atoms with Crippen LogP contribution in [0.2, 0.25) is 103 Å². The van der Waals surface area contributed by atoms with Crippen LogP contribution < -0.4 is 0 Å². The molecule has 0 N–H and O–H groups in total. The highest BCUT2D eigenvalue weighted by Gasteiger charge is 2.53. The van der Waals surface area contributed by atoms with Crippen molar-refractivity contribution in [2.75, 3.05) is 0 Å². The molecule has 0 aromatic heterocycles. The number of fused-ring (bicyclic) bond motifs is 3. The molecule has 7 nitrogen and oxygen atoms in total. The van der Waals surface area contributed by atoms with Crippen LogP contribution in [0.15, 0.2) is 0 Å². The molecule has 4 fully saturated rings. The Bertz CT molecular complexity index is 975. The molecule has 2 bridgehead atoms. The Morgan fingerprint density at radius 1 is 0.512 bits per heavy atom. The van der Waals surface area contributed by atoms with Gasteiger partial charge in [-0.1, -0.05) is 19.3 Å². The van der Waals surface area contributed by atoms with Gasteiger partial charge < -0.3 is 29.4 Å². The van der Waals surface area contributed by atoms with E-state index in [2.05, 4.69) is 91.7 Å². The molecule has 14 heteroatoms. The lowest BCUT2D eigenvalue weighted by Gasteiger charge is -2.45. The number of hydrogen-bond acceptors (Lipinski definition) is 7. The predicted molar refractivity (Wildman–Crippen MR) is 194 cm³/mol. The summed E-state index contributed by atoms with van der Waals surface area (Å²) in [6.07, 6.45) is 11.8. The normalized spacial score (nSPS) is 30.6. The number of rotatable bonds is 16. The lowest BCUT2D eigenvalue weighted by molar-refractivity contribution is 0.269. The lowest BCUT2D eigenvalue weighted by atomic mass is 9.88. The fraction of sp³-hybridized carbons (Fsp3) is 1.00. The molecule has 0 aromatic rings. The molecule has 43 heavy (non-hydrogen) atoms. The quantitative estimate of drug-likeness (QED) is 0.116. The Labute approximate surface area is 272 Å². The van der Waals surface area contributed by atoms with Gasteiger partial charge in [0.05, 0.1) is 12.2 Å². The van der Waals surface area contributed by atoms with Crippen molar-refractivity contribution in [2.24, 2.45) is 17.8 Å². The van der Waals surface area contributed by atoms with Crippen LogP contribution in [0.1, 0.15) is 51.4 Å². The minimum Gasteiger partial charge on any atom is -0.436 e. The van der Waals surface area contributed by atoms with Crippen molar-refractivity contribution < 1.29 is 29.4 Å². The van der Waals surface area contributed by atoms with Crippen molar-refractivity contribution >= 4 is 59.4 Å². The Kier molecular flexibility index (Phi) is 11.1. The maximum absolute atomic E-state index is 7.05. The van der Waals surface area contributed by atoms with Gasteiger partial charge in [0.15, 0.2) is 16.6 Å². The van der Waals surface area contributed by atoms with Crippen molar-refractivity contribution in [1.29, 1.82) is 0 Å². The van der Waals surface area contributed by atoms with Crippen molar-refractivity contribution in [3.63, 3.8) is 0 Å². The zero-order valence-electron chi connectivity index (χ0n) is 30.2. The molecular weight excluding hydrogens is 657 g/mol. The lowest BCUT2D eigenvalue weighted by Crippen LogP contribution is -2.61. The van der Waals surface area contributed by atoms with Gasteiger partial charge >= 0.3 is 42.8 Å². The molecule has 3 aliphatic carbocycles. The zero-order chi connectivity index (χ0) is 32.3. The largest absolute Gasteiger partial charge is 0.436 e. The van der Waals surface area contributed by atoms with E-state index in [1.807, 2.05) is 0 Å². The SMILES string of the molecule is C[Si](C)(CCC1CCC2OC2C1)O[Si](C)(C)O[Si](C)(C)O[Si](C)(C)O[Si](C)(C)O[Si](C)(C)O[Si](C)(C)C1CC2CCC1C2. The van der Waals surface area contributed by atoms with Crippen LogP contribution in [0.5, 0.6) is 0 Å². The van der Waals surface area contributed by atoms with Crippen LogP contribution in [0, 0.1) is 17.8 Å². The summed E-state index contributed by atoms with van der Waals surface area (Å²) in [7, 11) is -16.1. The molecule has 0 aromatic carbocycles. The Morgan fingerprint density at radius 2 is 1.02 bits per heavy atom. The average Bonchev–Trinajstić information content (AvgIpc) is 3.18. The molecule has 0 radical (unpaired) electrons. The second-order valence-corrected chi connectivity index (χ2v) is 44.6. The van der Waals surface area contributed by atoms with Gasteiger partial charge in [-0.3, -0.25) is 0 Å². The summed E-state index contributed by atoms with van der Waals surface area (Å²) < 4.78 is 47.1. The fourth-order valence-electron chi connectivity index (χ4n) is 9.29. The third-order valence-electron chi connectivity index (χ3n) is 9.90. The molecule has 1 saturated heterocycles. The van der Waals surface area contributed by atoms with Crippen LogP contribution in [-0.2, 0) is 29.4 Å². The van der Waals surface area contributed by atoms with Gasteiger partial charge in [-0.05, 0) is 153 Å². The van der Waals surface area contributed by atoms with Crippen molar-refractivity contribution in [2.45, 2.75) is 167 Å². The van der Waals surface area contributed by atoms with E-state index in [9.17, 15) is 0 Å². The minimum atomic E-state index is -2.55. The Morgan fingerprint density at radius 3 is 1.49 bits per heavy atom. The Balaban J connectivity index is 1.26. The summed E-state index contributed by atoms with van der Waals surface area (Å²) >= 11 is 0. The molecule has 1 aliphatic heterocycles. The first-order valence-corrected chi connectivity index (χ1v) is 37.4. The number of epoxide rings is 1. The Hall–Kier alpha value is 1.24. The van der Waals surface area contributed by atoms with Gasteiger partial charge in [0, 0.05) is 0 Å². The summed E-state index contributed by atoms with van der Waals surface area (Å²) in [5.41, 5.74) is 0.778. The van der Waals surface area contributed by atoms with Crippen LogP contribution >= 0.6 is 0 Å². The van der Waals surface area contributed by atoms with Gasteiger partial charge in [-0.2, -0.15) is 0 Å². The van der Waals surface area contributed by atoms with Gasteiger partial charge in [-0.15, -0.1) is 0 Å². The number of ether oxygens (including phenoxy) is 1. The first-order chi connectivity index (χ1) is 19.4. The summed E-state index contributed by atoms with van der Waals surface area (Å²) in [6, 6.07) is 1.18. The maximum Gasteiger partial charge on any atom is 0.314 e. The molecule has 252 valence electrons.